The van der Waals surface area contributed by atoms with E-state index < -0.39 is 0 Å². The van der Waals surface area contributed by atoms with Crippen molar-refractivity contribution >= 4 is 22.9 Å². The minimum absolute atomic E-state index is 0.0287. The van der Waals surface area contributed by atoms with Gasteiger partial charge < -0.3 is 10.6 Å². The minimum atomic E-state index is -0.0287. The summed E-state index contributed by atoms with van der Waals surface area (Å²) in [6.45, 7) is 2.52. The highest BCUT2D eigenvalue weighted by atomic mass is 32.1. The van der Waals surface area contributed by atoms with Gasteiger partial charge in [-0.05, 0) is 30.0 Å². The van der Waals surface area contributed by atoms with Crippen molar-refractivity contribution in [3.05, 3.63) is 51.7 Å². The van der Waals surface area contributed by atoms with Crippen LogP contribution in [0, 0.1) is 6.92 Å². The van der Waals surface area contributed by atoms with Crippen LogP contribution in [0.25, 0.3) is 0 Å². The third kappa shape index (κ3) is 2.54. The van der Waals surface area contributed by atoms with Crippen molar-refractivity contribution in [1.82, 2.24) is 4.90 Å². The number of hydrogen-bond donors (Lipinski definition) is 1. The van der Waals surface area contributed by atoms with Crippen LogP contribution in [0.2, 0.25) is 0 Å². The lowest BCUT2D eigenvalue weighted by Gasteiger charge is -2.18. The Bertz CT molecular complexity index is 529. The van der Waals surface area contributed by atoms with Gasteiger partial charge in [0.2, 0.25) is 0 Å². The largest absolute Gasteiger partial charge is 0.398 e. The Labute approximate surface area is 111 Å². The average Bonchev–Trinajstić information content (AvgIpc) is 2.81. The van der Waals surface area contributed by atoms with Gasteiger partial charge in [-0.25, -0.2) is 0 Å². The minimum Gasteiger partial charge on any atom is -0.398 e. The van der Waals surface area contributed by atoms with E-state index in [0.29, 0.717) is 17.8 Å². The predicted molar refractivity (Wildman–Crippen MR) is 75.7 cm³/mol. The molecule has 2 rings (SSSR count). The molecule has 1 amide bonds. The standard InChI is InChI=1S/C14H16N2OS/c1-10-5-3-7-12(15)13(10)14(17)16(2)9-11-6-4-8-18-11/h3-8H,9,15H2,1-2H3. The first-order valence-electron chi connectivity index (χ1n) is 5.72. The number of thiophene rings is 1. The molecule has 0 atom stereocenters. The molecule has 1 aromatic carbocycles. The molecule has 0 saturated carbocycles. The first kappa shape index (κ1) is 12.6. The van der Waals surface area contributed by atoms with E-state index >= 15 is 0 Å². The summed E-state index contributed by atoms with van der Waals surface area (Å²) in [4.78, 5) is 15.2. The second kappa shape index (κ2) is 5.23. The number of rotatable bonds is 3. The Kier molecular flexibility index (Phi) is 3.67. The molecule has 94 valence electrons. The summed E-state index contributed by atoms with van der Waals surface area (Å²) in [7, 11) is 1.80. The molecule has 0 bridgehead atoms. The molecule has 0 aliphatic heterocycles. The highest BCUT2D eigenvalue weighted by Crippen LogP contribution is 2.19. The van der Waals surface area contributed by atoms with Gasteiger partial charge in [0.05, 0.1) is 12.1 Å². The monoisotopic (exact) mass is 260 g/mol. The molecule has 0 saturated heterocycles. The fourth-order valence-electron chi connectivity index (χ4n) is 1.88. The number of amides is 1. The zero-order valence-electron chi connectivity index (χ0n) is 10.5. The number of nitrogens with two attached hydrogens (primary N) is 1. The van der Waals surface area contributed by atoms with Crippen molar-refractivity contribution < 1.29 is 4.79 Å². The van der Waals surface area contributed by atoms with E-state index in [1.165, 1.54) is 0 Å². The normalized spacial score (nSPS) is 10.3. The van der Waals surface area contributed by atoms with Crippen LogP contribution in [0.5, 0.6) is 0 Å². The molecule has 2 aromatic rings. The highest BCUT2D eigenvalue weighted by molar-refractivity contribution is 7.09. The molecule has 0 spiro atoms. The summed E-state index contributed by atoms with van der Waals surface area (Å²) in [6, 6.07) is 9.54. The van der Waals surface area contributed by atoms with E-state index in [1.807, 2.05) is 36.6 Å². The lowest BCUT2D eigenvalue weighted by molar-refractivity contribution is 0.0787. The predicted octanol–water partition coefficient (Wildman–Crippen LogP) is 2.91. The Morgan fingerprint density at radius 1 is 1.33 bits per heavy atom. The molecule has 2 N–H and O–H groups in total. The van der Waals surface area contributed by atoms with Crippen LogP contribution in [-0.2, 0) is 6.54 Å². The van der Waals surface area contributed by atoms with Crippen LogP contribution in [0.3, 0.4) is 0 Å². The van der Waals surface area contributed by atoms with Gasteiger partial charge in [-0.15, -0.1) is 11.3 Å². The second-order valence-electron chi connectivity index (χ2n) is 4.28. The number of carbonyl (C=O) groups excluding carboxylic acids is 1. The molecule has 4 heteroatoms. The van der Waals surface area contributed by atoms with Crippen LogP contribution < -0.4 is 5.73 Å². The molecule has 0 aliphatic rings. The van der Waals surface area contributed by atoms with Gasteiger partial charge in [-0.1, -0.05) is 18.2 Å². The van der Waals surface area contributed by atoms with Gasteiger partial charge in [-0.3, -0.25) is 4.79 Å². The average molecular weight is 260 g/mol. The number of carbonyl (C=O) groups is 1. The summed E-state index contributed by atoms with van der Waals surface area (Å²) < 4.78 is 0. The van der Waals surface area contributed by atoms with E-state index in [2.05, 4.69) is 0 Å². The van der Waals surface area contributed by atoms with E-state index in [-0.39, 0.29) is 5.91 Å². The van der Waals surface area contributed by atoms with E-state index in [9.17, 15) is 4.79 Å². The molecule has 1 heterocycles. The maximum Gasteiger partial charge on any atom is 0.256 e. The molecule has 0 unspecified atom stereocenters. The van der Waals surface area contributed by atoms with Crippen LogP contribution >= 0.6 is 11.3 Å². The molecule has 0 aliphatic carbocycles. The first-order chi connectivity index (χ1) is 8.59. The van der Waals surface area contributed by atoms with Crippen LogP contribution in [0.4, 0.5) is 5.69 Å². The number of hydrogen-bond acceptors (Lipinski definition) is 3. The first-order valence-corrected chi connectivity index (χ1v) is 6.60. The summed E-state index contributed by atoms with van der Waals surface area (Å²) in [5.41, 5.74) is 7.95. The topological polar surface area (TPSA) is 46.3 Å². The molecule has 0 fully saturated rings. The molecule has 3 nitrogen and oxygen atoms in total. The lowest BCUT2D eigenvalue weighted by Crippen LogP contribution is -2.27. The third-order valence-corrected chi connectivity index (χ3v) is 3.70. The van der Waals surface area contributed by atoms with Crippen molar-refractivity contribution in [1.29, 1.82) is 0 Å². The SMILES string of the molecule is Cc1cccc(N)c1C(=O)N(C)Cc1cccs1. The zero-order valence-corrected chi connectivity index (χ0v) is 11.3. The zero-order chi connectivity index (χ0) is 13.1. The van der Waals surface area contributed by atoms with Crippen molar-refractivity contribution in [2.75, 3.05) is 12.8 Å². The Morgan fingerprint density at radius 3 is 2.72 bits per heavy atom. The number of anilines is 1. The summed E-state index contributed by atoms with van der Waals surface area (Å²) in [5.74, 6) is -0.0287. The highest BCUT2D eigenvalue weighted by Gasteiger charge is 2.17. The van der Waals surface area contributed by atoms with Gasteiger partial charge in [-0.2, -0.15) is 0 Å². The van der Waals surface area contributed by atoms with Gasteiger partial charge in [0.1, 0.15) is 0 Å². The smallest absolute Gasteiger partial charge is 0.256 e. The number of benzene rings is 1. The van der Waals surface area contributed by atoms with Gasteiger partial charge in [0, 0.05) is 17.6 Å². The van der Waals surface area contributed by atoms with E-state index in [1.54, 1.807) is 29.4 Å². The summed E-state index contributed by atoms with van der Waals surface area (Å²) in [6.07, 6.45) is 0. The Morgan fingerprint density at radius 2 is 2.11 bits per heavy atom. The van der Waals surface area contributed by atoms with Gasteiger partial charge >= 0.3 is 0 Å². The van der Waals surface area contributed by atoms with E-state index in [4.69, 9.17) is 5.73 Å². The van der Waals surface area contributed by atoms with E-state index in [0.717, 1.165) is 10.4 Å². The van der Waals surface area contributed by atoms with Crippen LogP contribution in [-0.4, -0.2) is 17.9 Å². The fourth-order valence-corrected chi connectivity index (χ4v) is 2.64. The molecule has 0 radical (unpaired) electrons. The number of nitrogen functional groups attached to an aromatic ring is 1. The maximum absolute atomic E-state index is 12.4. The molecular weight excluding hydrogens is 244 g/mol. The number of aryl methyl sites for hydroxylation is 1. The Balaban J connectivity index is 2.21. The van der Waals surface area contributed by atoms with Crippen LogP contribution in [0.15, 0.2) is 35.7 Å². The molecular formula is C14H16N2OS. The molecule has 1 aromatic heterocycles. The molecule has 18 heavy (non-hydrogen) atoms. The van der Waals surface area contributed by atoms with Crippen molar-refractivity contribution in [3.8, 4) is 0 Å². The Hall–Kier alpha value is -1.81. The summed E-state index contributed by atoms with van der Waals surface area (Å²) in [5, 5.41) is 2.01. The lowest BCUT2D eigenvalue weighted by atomic mass is 10.1. The van der Waals surface area contributed by atoms with Crippen molar-refractivity contribution in [2.45, 2.75) is 13.5 Å². The number of nitrogens with zero attached hydrogens (tertiary/aromatic N) is 1. The van der Waals surface area contributed by atoms with Gasteiger partial charge in [0.25, 0.3) is 5.91 Å². The van der Waals surface area contributed by atoms with Gasteiger partial charge in [0.15, 0.2) is 0 Å². The summed E-state index contributed by atoms with van der Waals surface area (Å²) >= 11 is 1.65. The maximum atomic E-state index is 12.4. The fraction of sp³-hybridized carbons (Fsp3) is 0.214. The quantitative estimate of drug-likeness (QED) is 0.862. The second-order valence-corrected chi connectivity index (χ2v) is 5.31. The van der Waals surface area contributed by atoms with Crippen molar-refractivity contribution in [3.63, 3.8) is 0 Å². The van der Waals surface area contributed by atoms with Crippen LogP contribution in [0.1, 0.15) is 20.8 Å². The third-order valence-electron chi connectivity index (χ3n) is 2.84. The van der Waals surface area contributed by atoms with Crippen molar-refractivity contribution in [2.24, 2.45) is 0 Å².